The van der Waals surface area contributed by atoms with E-state index in [4.69, 9.17) is 4.74 Å². The summed E-state index contributed by atoms with van der Waals surface area (Å²) in [5, 5.41) is 5.81. The van der Waals surface area contributed by atoms with E-state index in [1.54, 1.807) is 7.11 Å². The van der Waals surface area contributed by atoms with Gasteiger partial charge in [-0.25, -0.2) is 0 Å². The van der Waals surface area contributed by atoms with Gasteiger partial charge in [0.15, 0.2) is 0 Å². The topological polar surface area (TPSA) is 50.4 Å². The third-order valence-electron chi connectivity index (χ3n) is 2.04. The maximum Gasteiger partial charge on any atom is 0.238 e. The van der Waals surface area contributed by atoms with E-state index in [0.29, 0.717) is 13.2 Å². The first-order valence-corrected chi connectivity index (χ1v) is 7.56. The molecule has 4 nitrogen and oxygen atoms in total. The summed E-state index contributed by atoms with van der Waals surface area (Å²) in [7, 11) is 1.62. The molecular formula is C11H13Br3N2O2. The van der Waals surface area contributed by atoms with Crippen molar-refractivity contribution in [2.75, 3.05) is 32.1 Å². The van der Waals surface area contributed by atoms with E-state index in [9.17, 15) is 4.79 Å². The zero-order valence-corrected chi connectivity index (χ0v) is 14.5. The van der Waals surface area contributed by atoms with Gasteiger partial charge in [-0.2, -0.15) is 0 Å². The molecule has 1 amide bonds. The minimum atomic E-state index is -0.102. The number of nitrogens with one attached hydrogen (secondary N) is 2. The number of amides is 1. The van der Waals surface area contributed by atoms with E-state index in [1.807, 2.05) is 12.1 Å². The fraction of sp³-hybridized carbons (Fsp3) is 0.364. The number of halogens is 3. The summed E-state index contributed by atoms with van der Waals surface area (Å²) in [6.07, 6.45) is 0. The number of rotatable bonds is 6. The van der Waals surface area contributed by atoms with Crippen LogP contribution in [0.5, 0.6) is 0 Å². The van der Waals surface area contributed by atoms with Gasteiger partial charge in [0.25, 0.3) is 0 Å². The SMILES string of the molecule is COCCNCC(=O)Nc1c(Br)cc(Br)cc1Br. The van der Waals surface area contributed by atoms with Crippen molar-refractivity contribution in [2.24, 2.45) is 0 Å². The summed E-state index contributed by atoms with van der Waals surface area (Å²) in [4.78, 5) is 11.7. The molecule has 0 aromatic heterocycles. The Morgan fingerprint density at radius 1 is 1.28 bits per heavy atom. The van der Waals surface area contributed by atoms with Gasteiger partial charge in [0.1, 0.15) is 0 Å². The normalized spacial score (nSPS) is 10.4. The molecule has 18 heavy (non-hydrogen) atoms. The number of anilines is 1. The third-order valence-corrected chi connectivity index (χ3v) is 3.75. The van der Waals surface area contributed by atoms with E-state index >= 15 is 0 Å². The lowest BCUT2D eigenvalue weighted by Crippen LogP contribution is -2.30. The maximum absolute atomic E-state index is 11.7. The number of methoxy groups -OCH3 is 1. The first-order chi connectivity index (χ1) is 8.54. The number of benzene rings is 1. The molecule has 0 unspecified atom stereocenters. The van der Waals surface area contributed by atoms with Gasteiger partial charge in [-0.3, -0.25) is 4.79 Å². The zero-order chi connectivity index (χ0) is 13.5. The van der Waals surface area contributed by atoms with Gasteiger partial charge < -0.3 is 15.4 Å². The van der Waals surface area contributed by atoms with Crippen LogP contribution in [-0.2, 0) is 9.53 Å². The van der Waals surface area contributed by atoms with Crippen molar-refractivity contribution in [3.05, 3.63) is 25.6 Å². The van der Waals surface area contributed by atoms with E-state index in [1.165, 1.54) is 0 Å². The number of carbonyl (C=O) groups is 1. The van der Waals surface area contributed by atoms with Crippen molar-refractivity contribution in [3.63, 3.8) is 0 Å². The smallest absolute Gasteiger partial charge is 0.238 e. The molecule has 1 rings (SSSR count). The van der Waals surface area contributed by atoms with Crippen molar-refractivity contribution in [2.45, 2.75) is 0 Å². The van der Waals surface area contributed by atoms with Crippen LogP contribution in [0, 0.1) is 0 Å². The first kappa shape index (κ1) is 16.1. The molecule has 0 saturated heterocycles. The molecule has 0 aliphatic heterocycles. The number of carbonyl (C=O) groups excluding carboxylic acids is 1. The fourth-order valence-electron chi connectivity index (χ4n) is 1.22. The lowest BCUT2D eigenvalue weighted by molar-refractivity contribution is -0.115. The molecule has 0 aliphatic carbocycles. The Morgan fingerprint density at radius 2 is 1.89 bits per heavy atom. The molecule has 0 saturated carbocycles. The lowest BCUT2D eigenvalue weighted by Gasteiger charge is -2.10. The number of ether oxygens (including phenoxy) is 1. The molecule has 100 valence electrons. The maximum atomic E-state index is 11.7. The van der Waals surface area contributed by atoms with Gasteiger partial charge in [0.05, 0.1) is 18.8 Å². The molecule has 0 radical (unpaired) electrons. The van der Waals surface area contributed by atoms with Crippen LogP contribution in [0.2, 0.25) is 0 Å². The molecule has 0 aliphatic rings. The van der Waals surface area contributed by atoms with Crippen molar-refractivity contribution in [1.82, 2.24) is 5.32 Å². The largest absolute Gasteiger partial charge is 0.383 e. The summed E-state index contributed by atoms with van der Waals surface area (Å²) in [6.45, 7) is 1.48. The van der Waals surface area contributed by atoms with Crippen molar-refractivity contribution in [1.29, 1.82) is 0 Å². The quantitative estimate of drug-likeness (QED) is 0.663. The van der Waals surface area contributed by atoms with Crippen LogP contribution in [0.15, 0.2) is 25.6 Å². The van der Waals surface area contributed by atoms with Gasteiger partial charge in [0.2, 0.25) is 5.91 Å². The summed E-state index contributed by atoms with van der Waals surface area (Å²) in [6, 6.07) is 3.75. The van der Waals surface area contributed by atoms with Crippen molar-refractivity contribution >= 4 is 59.4 Å². The van der Waals surface area contributed by atoms with Gasteiger partial charge in [-0.15, -0.1) is 0 Å². The van der Waals surface area contributed by atoms with Gasteiger partial charge >= 0.3 is 0 Å². The number of hydrogen-bond donors (Lipinski definition) is 2. The summed E-state index contributed by atoms with van der Waals surface area (Å²) in [5.74, 6) is -0.102. The van der Waals surface area contributed by atoms with Gasteiger partial charge in [-0.05, 0) is 44.0 Å². The van der Waals surface area contributed by atoms with E-state index < -0.39 is 0 Å². The molecule has 1 aromatic carbocycles. The molecular weight excluding hydrogens is 432 g/mol. The monoisotopic (exact) mass is 442 g/mol. The Bertz CT molecular complexity index is 404. The average Bonchev–Trinajstić information content (AvgIpc) is 2.29. The summed E-state index contributed by atoms with van der Waals surface area (Å²) >= 11 is 10.2. The predicted octanol–water partition coefficient (Wildman–Crippen LogP) is 3.15. The minimum Gasteiger partial charge on any atom is -0.383 e. The van der Waals surface area contributed by atoms with Crippen LogP contribution >= 0.6 is 47.8 Å². The molecule has 0 fully saturated rings. The van der Waals surface area contributed by atoms with Crippen LogP contribution in [0.4, 0.5) is 5.69 Å². The Kier molecular flexibility index (Phi) is 7.40. The number of hydrogen-bond acceptors (Lipinski definition) is 3. The second-order valence-electron chi connectivity index (χ2n) is 3.46. The second-order valence-corrected chi connectivity index (χ2v) is 6.09. The Hall–Kier alpha value is 0.0500. The summed E-state index contributed by atoms with van der Waals surface area (Å²) < 4.78 is 7.43. The highest BCUT2D eigenvalue weighted by molar-refractivity contribution is 9.11. The highest BCUT2D eigenvalue weighted by Crippen LogP contribution is 2.34. The molecule has 0 spiro atoms. The zero-order valence-electron chi connectivity index (χ0n) is 9.73. The predicted molar refractivity (Wildman–Crippen MR) is 82.9 cm³/mol. The van der Waals surface area contributed by atoms with Crippen LogP contribution < -0.4 is 10.6 Å². The molecule has 0 bridgehead atoms. The van der Waals surface area contributed by atoms with Crippen LogP contribution in [0.3, 0.4) is 0 Å². The van der Waals surface area contributed by atoms with Crippen LogP contribution in [0.1, 0.15) is 0 Å². The molecule has 7 heteroatoms. The standard InChI is InChI=1S/C11H13Br3N2O2/c1-18-3-2-15-6-10(17)16-11-8(13)4-7(12)5-9(11)14/h4-5,15H,2-3,6H2,1H3,(H,16,17). The molecule has 1 aromatic rings. The molecule has 2 N–H and O–H groups in total. The summed E-state index contributed by atoms with van der Waals surface area (Å²) in [5.41, 5.74) is 0.719. The van der Waals surface area contributed by atoms with Gasteiger partial charge in [0, 0.05) is 27.1 Å². The fourth-order valence-corrected chi connectivity index (χ4v) is 3.68. The highest BCUT2D eigenvalue weighted by Gasteiger charge is 2.10. The minimum absolute atomic E-state index is 0.102. The van der Waals surface area contributed by atoms with E-state index in [0.717, 1.165) is 19.1 Å². The Labute approximate surface area is 131 Å². The highest BCUT2D eigenvalue weighted by atomic mass is 79.9. The Morgan fingerprint density at radius 3 is 2.44 bits per heavy atom. The average molecular weight is 445 g/mol. The van der Waals surface area contributed by atoms with Crippen LogP contribution in [-0.4, -0.2) is 32.7 Å². The van der Waals surface area contributed by atoms with E-state index in [-0.39, 0.29) is 12.5 Å². The second kappa shape index (κ2) is 8.27. The first-order valence-electron chi connectivity index (χ1n) is 5.18. The van der Waals surface area contributed by atoms with Gasteiger partial charge in [-0.1, -0.05) is 15.9 Å². The van der Waals surface area contributed by atoms with E-state index in [2.05, 4.69) is 58.4 Å². The van der Waals surface area contributed by atoms with Crippen molar-refractivity contribution < 1.29 is 9.53 Å². The van der Waals surface area contributed by atoms with Crippen LogP contribution in [0.25, 0.3) is 0 Å². The molecule has 0 atom stereocenters. The Balaban J connectivity index is 2.54. The van der Waals surface area contributed by atoms with Crippen molar-refractivity contribution in [3.8, 4) is 0 Å². The lowest BCUT2D eigenvalue weighted by atomic mass is 10.3. The third kappa shape index (κ3) is 5.36. The molecule has 0 heterocycles.